The quantitative estimate of drug-likeness (QED) is 0.474. The van der Waals surface area contributed by atoms with Gasteiger partial charge in [-0.3, -0.25) is 4.79 Å². The number of nitrogens with zero attached hydrogens (tertiary/aromatic N) is 1. The highest BCUT2D eigenvalue weighted by Gasteiger charge is 2.20. The zero-order chi connectivity index (χ0) is 19.6. The Morgan fingerprint density at radius 1 is 1.14 bits per heavy atom. The van der Waals surface area contributed by atoms with Crippen LogP contribution in [0.15, 0.2) is 46.1 Å². The van der Waals surface area contributed by atoms with Gasteiger partial charge in [-0.15, -0.1) is 0 Å². The van der Waals surface area contributed by atoms with Gasteiger partial charge in [-0.1, -0.05) is 31.4 Å². The Kier molecular flexibility index (Phi) is 7.91. The van der Waals surface area contributed by atoms with Gasteiger partial charge in [0, 0.05) is 24.7 Å². The van der Waals surface area contributed by atoms with Crippen molar-refractivity contribution in [2.24, 2.45) is 10.9 Å². The lowest BCUT2D eigenvalue weighted by Gasteiger charge is -2.21. The molecule has 1 saturated carbocycles. The first-order chi connectivity index (χ1) is 13.7. The molecule has 1 aliphatic rings. The van der Waals surface area contributed by atoms with E-state index in [0.29, 0.717) is 13.1 Å². The highest BCUT2D eigenvalue weighted by atomic mass is 32.1. The van der Waals surface area contributed by atoms with Crippen LogP contribution >= 0.6 is 11.3 Å². The van der Waals surface area contributed by atoms with Crippen molar-refractivity contribution in [3.05, 3.63) is 52.2 Å². The first-order valence-electron chi connectivity index (χ1n) is 10.2. The van der Waals surface area contributed by atoms with Crippen LogP contribution in [0, 0.1) is 5.92 Å². The Labute approximate surface area is 171 Å². The molecular formula is C22H30N4OS. The van der Waals surface area contributed by atoms with Crippen LogP contribution < -0.4 is 16.0 Å². The molecule has 1 amide bonds. The van der Waals surface area contributed by atoms with Crippen LogP contribution in [0.25, 0.3) is 0 Å². The molecular weight excluding hydrogens is 368 g/mol. The Balaban J connectivity index is 1.55. The molecule has 0 saturated heterocycles. The number of hydrogen-bond donors (Lipinski definition) is 3. The van der Waals surface area contributed by atoms with E-state index in [2.05, 4.69) is 50.8 Å². The number of rotatable bonds is 7. The summed E-state index contributed by atoms with van der Waals surface area (Å²) in [6.45, 7) is 4.19. The molecule has 2 aromatic rings. The van der Waals surface area contributed by atoms with Gasteiger partial charge in [0.2, 0.25) is 5.91 Å². The summed E-state index contributed by atoms with van der Waals surface area (Å²) in [7, 11) is 0. The second-order valence-corrected chi connectivity index (χ2v) is 7.98. The fourth-order valence-electron chi connectivity index (χ4n) is 3.45. The smallest absolute Gasteiger partial charge is 0.227 e. The van der Waals surface area contributed by atoms with Gasteiger partial charge in [0.15, 0.2) is 5.96 Å². The SMILES string of the molecule is CCNC(=NCc1ccsc1)NCc1cccc(NC(=O)C2CCCCC2)c1. The fraction of sp³-hybridized carbons (Fsp3) is 0.455. The first-order valence-corrected chi connectivity index (χ1v) is 11.1. The topological polar surface area (TPSA) is 65.5 Å². The van der Waals surface area contributed by atoms with Crippen LogP contribution in [0.2, 0.25) is 0 Å². The van der Waals surface area contributed by atoms with Crippen molar-refractivity contribution < 1.29 is 4.79 Å². The molecule has 0 atom stereocenters. The Morgan fingerprint density at radius 3 is 2.75 bits per heavy atom. The zero-order valence-electron chi connectivity index (χ0n) is 16.5. The summed E-state index contributed by atoms with van der Waals surface area (Å²) in [5, 5.41) is 13.9. The van der Waals surface area contributed by atoms with Crippen molar-refractivity contribution in [3.63, 3.8) is 0 Å². The average Bonchev–Trinajstić information content (AvgIpc) is 3.25. The number of nitrogens with one attached hydrogen (secondary N) is 3. The Bertz CT molecular complexity index is 767. The van der Waals surface area contributed by atoms with Crippen LogP contribution in [-0.4, -0.2) is 18.4 Å². The highest BCUT2D eigenvalue weighted by molar-refractivity contribution is 7.07. The molecule has 0 unspecified atom stereocenters. The van der Waals surface area contributed by atoms with E-state index in [-0.39, 0.29) is 11.8 Å². The van der Waals surface area contributed by atoms with Gasteiger partial charge in [0.25, 0.3) is 0 Å². The summed E-state index contributed by atoms with van der Waals surface area (Å²) in [5.41, 5.74) is 3.20. The second-order valence-electron chi connectivity index (χ2n) is 7.20. The molecule has 1 fully saturated rings. The number of guanidine groups is 1. The van der Waals surface area contributed by atoms with Crippen molar-refractivity contribution >= 4 is 28.9 Å². The minimum Gasteiger partial charge on any atom is -0.357 e. The van der Waals surface area contributed by atoms with Crippen LogP contribution in [-0.2, 0) is 17.9 Å². The van der Waals surface area contributed by atoms with Crippen molar-refractivity contribution in [3.8, 4) is 0 Å². The lowest BCUT2D eigenvalue weighted by atomic mass is 9.88. The van der Waals surface area contributed by atoms with Gasteiger partial charge < -0.3 is 16.0 Å². The van der Waals surface area contributed by atoms with Gasteiger partial charge in [0.05, 0.1) is 6.54 Å². The summed E-state index contributed by atoms with van der Waals surface area (Å²) in [5.74, 6) is 1.13. The third-order valence-corrected chi connectivity index (χ3v) is 5.71. The van der Waals surface area contributed by atoms with E-state index in [9.17, 15) is 4.79 Å². The average molecular weight is 399 g/mol. The number of anilines is 1. The lowest BCUT2D eigenvalue weighted by Crippen LogP contribution is -2.36. The fourth-order valence-corrected chi connectivity index (χ4v) is 4.11. The molecule has 1 aromatic heterocycles. The maximum absolute atomic E-state index is 12.5. The number of benzene rings is 1. The van der Waals surface area contributed by atoms with Crippen molar-refractivity contribution in [2.45, 2.75) is 52.1 Å². The monoisotopic (exact) mass is 398 g/mol. The number of amides is 1. The second kappa shape index (κ2) is 10.9. The number of aliphatic imine (C=N–C) groups is 1. The largest absolute Gasteiger partial charge is 0.357 e. The van der Waals surface area contributed by atoms with Gasteiger partial charge in [-0.05, 0) is 59.9 Å². The first kappa shape index (κ1) is 20.4. The molecule has 0 aliphatic heterocycles. The van der Waals surface area contributed by atoms with Gasteiger partial charge >= 0.3 is 0 Å². The Hall–Kier alpha value is -2.34. The molecule has 150 valence electrons. The zero-order valence-corrected chi connectivity index (χ0v) is 17.4. The molecule has 0 bridgehead atoms. The number of hydrogen-bond acceptors (Lipinski definition) is 3. The molecule has 5 nitrogen and oxygen atoms in total. The number of carbonyl (C=O) groups is 1. The molecule has 3 N–H and O–H groups in total. The van der Waals surface area contributed by atoms with E-state index in [0.717, 1.165) is 36.6 Å². The van der Waals surface area contributed by atoms with E-state index >= 15 is 0 Å². The maximum atomic E-state index is 12.5. The van der Waals surface area contributed by atoms with E-state index in [1.807, 2.05) is 18.2 Å². The van der Waals surface area contributed by atoms with E-state index in [1.165, 1.54) is 24.8 Å². The number of carbonyl (C=O) groups excluding carboxylic acids is 1. The van der Waals surface area contributed by atoms with E-state index in [4.69, 9.17) is 0 Å². The highest BCUT2D eigenvalue weighted by Crippen LogP contribution is 2.25. The molecule has 6 heteroatoms. The standard InChI is InChI=1S/C22H30N4OS/c1-2-23-22(25-15-18-11-12-28-16-18)24-14-17-7-6-10-20(13-17)26-21(27)19-8-4-3-5-9-19/h6-7,10-13,16,19H,2-5,8-9,14-15H2,1H3,(H,26,27)(H2,23,24,25). The lowest BCUT2D eigenvalue weighted by molar-refractivity contribution is -0.120. The van der Waals surface area contributed by atoms with Gasteiger partial charge in [-0.2, -0.15) is 11.3 Å². The molecule has 3 rings (SSSR count). The predicted octanol–water partition coefficient (Wildman–Crippen LogP) is 4.52. The Morgan fingerprint density at radius 2 is 2.00 bits per heavy atom. The van der Waals surface area contributed by atoms with Crippen molar-refractivity contribution in [1.82, 2.24) is 10.6 Å². The van der Waals surface area contributed by atoms with Crippen LogP contribution in [0.5, 0.6) is 0 Å². The molecule has 0 spiro atoms. The summed E-state index contributed by atoms with van der Waals surface area (Å²) < 4.78 is 0. The van der Waals surface area contributed by atoms with Crippen LogP contribution in [0.4, 0.5) is 5.69 Å². The molecule has 1 heterocycles. The minimum absolute atomic E-state index is 0.162. The summed E-state index contributed by atoms with van der Waals surface area (Å²) in [6.07, 6.45) is 5.62. The minimum atomic E-state index is 0.162. The van der Waals surface area contributed by atoms with E-state index < -0.39 is 0 Å². The normalized spacial score (nSPS) is 15.2. The number of thiophene rings is 1. The summed E-state index contributed by atoms with van der Waals surface area (Å²) in [4.78, 5) is 17.1. The van der Waals surface area contributed by atoms with Crippen molar-refractivity contribution in [2.75, 3.05) is 11.9 Å². The third-order valence-electron chi connectivity index (χ3n) is 4.97. The molecule has 1 aliphatic carbocycles. The molecule has 28 heavy (non-hydrogen) atoms. The van der Waals surface area contributed by atoms with Crippen molar-refractivity contribution in [1.29, 1.82) is 0 Å². The van der Waals surface area contributed by atoms with Gasteiger partial charge in [0.1, 0.15) is 0 Å². The summed E-state index contributed by atoms with van der Waals surface area (Å²) in [6, 6.07) is 10.1. The summed E-state index contributed by atoms with van der Waals surface area (Å²) >= 11 is 1.69. The predicted molar refractivity (Wildman–Crippen MR) is 118 cm³/mol. The maximum Gasteiger partial charge on any atom is 0.227 e. The van der Waals surface area contributed by atoms with Crippen LogP contribution in [0.3, 0.4) is 0 Å². The third kappa shape index (κ3) is 6.37. The van der Waals surface area contributed by atoms with Gasteiger partial charge in [-0.25, -0.2) is 4.99 Å². The van der Waals surface area contributed by atoms with Crippen LogP contribution in [0.1, 0.15) is 50.2 Å². The molecule has 1 aromatic carbocycles. The molecule has 0 radical (unpaired) electrons. The van der Waals surface area contributed by atoms with E-state index in [1.54, 1.807) is 11.3 Å².